The lowest BCUT2D eigenvalue weighted by molar-refractivity contribution is 0.741. The van der Waals surface area contributed by atoms with Gasteiger partial charge in [0.15, 0.2) is 0 Å². The molecule has 1 aromatic rings. The number of hydrazine groups is 1. The van der Waals surface area contributed by atoms with Crippen LogP contribution in [0.2, 0.25) is 5.02 Å². The minimum atomic E-state index is 0. The molecule has 1 aromatic carbocycles. The first-order valence-electron chi connectivity index (χ1n) is 3.43. The average Bonchev–Trinajstić information content (AvgIpc) is 1.99. The summed E-state index contributed by atoms with van der Waals surface area (Å²) in [6.45, 7) is 2.59. The zero-order valence-corrected chi connectivity index (χ0v) is 8.38. The predicted octanol–water partition coefficient (Wildman–Crippen LogP) is 2.03. The van der Waals surface area contributed by atoms with Crippen LogP contribution in [0, 0.1) is 6.92 Å². The van der Waals surface area contributed by atoms with Crippen molar-refractivity contribution in [3.8, 4) is 0 Å². The van der Waals surface area contributed by atoms with Gasteiger partial charge in [-0.25, -0.2) is 0 Å². The fourth-order valence-corrected chi connectivity index (χ4v) is 1.15. The van der Waals surface area contributed by atoms with E-state index in [1.54, 1.807) is 0 Å². The maximum Gasteiger partial charge on any atom is 0.0480 e. The van der Waals surface area contributed by atoms with E-state index in [0.717, 1.165) is 16.1 Å². The zero-order chi connectivity index (χ0) is 8.27. The second kappa shape index (κ2) is 5.38. The van der Waals surface area contributed by atoms with Crippen molar-refractivity contribution in [3.63, 3.8) is 0 Å². The summed E-state index contributed by atoms with van der Waals surface area (Å²) in [5, 5.41) is 0.797. The molecule has 0 saturated heterocycles. The molecule has 0 radical (unpaired) electrons. The van der Waals surface area contributed by atoms with Crippen molar-refractivity contribution in [3.05, 3.63) is 34.3 Å². The Labute approximate surface area is 83.5 Å². The highest BCUT2D eigenvalue weighted by atomic mass is 35.5. The van der Waals surface area contributed by atoms with Crippen molar-refractivity contribution in [1.82, 2.24) is 5.43 Å². The van der Waals surface area contributed by atoms with E-state index in [1.165, 1.54) is 0 Å². The molecule has 0 aliphatic carbocycles. The van der Waals surface area contributed by atoms with Gasteiger partial charge in [0, 0.05) is 11.6 Å². The van der Waals surface area contributed by atoms with Crippen LogP contribution in [0.15, 0.2) is 18.2 Å². The zero-order valence-electron chi connectivity index (χ0n) is 6.80. The molecule has 0 heterocycles. The van der Waals surface area contributed by atoms with Gasteiger partial charge in [0.2, 0.25) is 0 Å². The molecule has 0 unspecified atom stereocenters. The number of nitrogens with one attached hydrogen (secondary N) is 1. The minimum Gasteiger partial charge on any atom is -0.271 e. The third-order valence-electron chi connectivity index (χ3n) is 1.56. The van der Waals surface area contributed by atoms with E-state index >= 15 is 0 Å². The van der Waals surface area contributed by atoms with Crippen molar-refractivity contribution in [2.45, 2.75) is 13.5 Å². The maximum absolute atomic E-state index is 5.98. The molecular formula is C8H12Cl2N2. The first-order chi connectivity index (χ1) is 5.25. The van der Waals surface area contributed by atoms with Crippen molar-refractivity contribution in [2.24, 2.45) is 5.84 Å². The molecule has 3 N–H and O–H groups in total. The normalized spacial score (nSPS) is 9.25. The lowest BCUT2D eigenvalue weighted by atomic mass is 10.1. The number of aryl methyl sites for hydroxylation is 1. The van der Waals surface area contributed by atoms with Gasteiger partial charge in [-0.2, -0.15) is 0 Å². The van der Waals surface area contributed by atoms with Crippen molar-refractivity contribution in [1.29, 1.82) is 0 Å². The molecule has 0 fully saturated rings. The van der Waals surface area contributed by atoms with Crippen molar-refractivity contribution < 1.29 is 0 Å². The van der Waals surface area contributed by atoms with Gasteiger partial charge in [0.05, 0.1) is 0 Å². The minimum absolute atomic E-state index is 0. The number of benzene rings is 1. The van der Waals surface area contributed by atoms with Crippen LogP contribution in [0.3, 0.4) is 0 Å². The average molecular weight is 207 g/mol. The fraction of sp³-hybridized carbons (Fsp3) is 0.250. The molecule has 0 aliphatic rings. The van der Waals surface area contributed by atoms with Gasteiger partial charge in [-0.3, -0.25) is 11.3 Å². The molecular weight excluding hydrogens is 195 g/mol. The molecule has 0 saturated carbocycles. The Bertz CT molecular complexity index is 251. The monoisotopic (exact) mass is 206 g/mol. The highest BCUT2D eigenvalue weighted by Crippen LogP contribution is 2.19. The van der Waals surface area contributed by atoms with Gasteiger partial charge < -0.3 is 0 Å². The summed E-state index contributed by atoms with van der Waals surface area (Å²) in [4.78, 5) is 0. The number of nitrogens with two attached hydrogens (primary N) is 1. The summed E-state index contributed by atoms with van der Waals surface area (Å²) in [5.41, 5.74) is 4.69. The van der Waals surface area contributed by atoms with Crippen LogP contribution in [-0.4, -0.2) is 0 Å². The molecule has 0 spiro atoms. The van der Waals surface area contributed by atoms with E-state index in [4.69, 9.17) is 17.4 Å². The number of halogens is 2. The Balaban J connectivity index is 0.00000121. The van der Waals surface area contributed by atoms with Gasteiger partial charge in [-0.1, -0.05) is 29.8 Å². The molecule has 2 nitrogen and oxygen atoms in total. The summed E-state index contributed by atoms with van der Waals surface area (Å²) < 4.78 is 0. The highest BCUT2D eigenvalue weighted by molar-refractivity contribution is 6.32. The Morgan fingerprint density at radius 2 is 2.17 bits per heavy atom. The topological polar surface area (TPSA) is 38.0 Å². The van der Waals surface area contributed by atoms with E-state index in [0.29, 0.717) is 6.54 Å². The lowest BCUT2D eigenvalue weighted by Crippen LogP contribution is -2.21. The van der Waals surface area contributed by atoms with Gasteiger partial charge in [-0.05, 0) is 18.1 Å². The number of hydrogen-bond acceptors (Lipinski definition) is 2. The standard InChI is InChI=1S/C8H11ClN2.ClH/c1-6-3-2-4-7(5-11-10)8(6)9;/h2-4,11H,5,10H2,1H3;1H. The summed E-state index contributed by atoms with van der Waals surface area (Å²) in [6.07, 6.45) is 0. The molecule has 0 aliphatic heterocycles. The lowest BCUT2D eigenvalue weighted by Gasteiger charge is -2.04. The quantitative estimate of drug-likeness (QED) is 0.575. The largest absolute Gasteiger partial charge is 0.271 e. The van der Waals surface area contributed by atoms with E-state index in [1.807, 2.05) is 25.1 Å². The van der Waals surface area contributed by atoms with Crippen LogP contribution in [0.4, 0.5) is 0 Å². The number of rotatable bonds is 2. The molecule has 12 heavy (non-hydrogen) atoms. The third-order valence-corrected chi connectivity index (χ3v) is 2.11. The molecule has 0 atom stereocenters. The van der Waals surface area contributed by atoms with Crippen LogP contribution in [-0.2, 0) is 6.54 Å². The van der Waals surface area contributed by atoms with Crippen LogP contribution in [0.5, 0.6) is 0 Å². The smallest absolute Gasteiger partial charge is 0.0480 e. The predicted molar refractivity (Wildman–Crippen MR) is 54.5 cm³/mol. The summed E-state index contributed by atoms with van der Waals surface area (Å²) in [7, 11) is 0. The Kier molecular flexibility index (Phi) is 5.25. The first kappa shape index (κ1) is 11.7. The van der Waals surface area contributed by atoms with E-state index in [2.05, 4.69) is 5.43 Å². The molecule has 1 rings (SSSR count). The highest BCUT2D eigenvalue weighted by Gasteiger charge is 1.99. The molecule has 0 bridgehead atoms. The van der Waals surface area contributed by atoms with Gasteiger partial charge in [0.1, 0.15) is 0 Å². The SMILES string of the molecule is Cc1cccc(CNN)c1Cl.Cl. The van der Waals surface area contributed by atoms with Crippen molar-refractivity contribution in [2.75, 3.05) is 0 Å². The maximum atomic E-state index is 5.98. The van der Waals surface area contributed by atoms with Gasteiger partial charge >= 0.3 is 0 Å². The van der Waals surface area contributed by atoms with E-state index in [-0.39, 0.29) is 12.4 Å². The first-order valence-corrected chi connectivity index (χ1v) is 3.81. The molecule has 68 valence electrons. The van der Waals surface area contributed by atoms with E-state index in [9.17, 15) is 0 Å². The van der Waals surface area contributed by atoms with Crippen LogP contribution >= 0.6 is 24.0 Å². The molecule has 0 aromatic heterocycles. The Morgan fingerprint density at radius 1 is 1.50 bits per heavy atom. The van der Waals surface area contributed by atoms with E-state index < -0.39 is 0 Å². The van der Waals surface area contributed by atoms with Crippen LogP contribution < -0.4 is 11.3 Å². The van der Waals surface area contributed by atoms with Crippen LogP contribution in [0.1, 0.15) is 11.1 Å². The van der Waals surface area contributed by atoms with Gasteiger partial charge in [-0.15, -0.1) is 12.4 Å². The Hall–Kier alpha value is -0.280. The third kappa shape index (κ3) is 2.64. The second-order valence-corrected chi connectivity index (χ2v) is 2.81. The van der Waals surface area contributed by atoms with Crippen LogP contribution in [0.25, 0.3) is 0 Å². The second-order valence-electron chi connectivity index (χ2n) is 2.43. The van der Waals surface area contributed by atoms with Crippen molar-refractivity contribution >= 4 is 24.0 Å². The Morgan fingerprint density at radius 3 is 2.75 bits per heavy atom. The summed E-state index contributed by atoms with van der Waals surface area (Å²) >= 11 is 5.98. The number of hydrogen-bond donors (Lipinski definition) is 2. The fourth-order valence-electron chi connectivity index (χ4n) is 0.955. The van der Waals surface area contributed by atoms with Gasteiger partial charge in [0.25, 0.3) is 0 Å². The molecule has 4 heteroatoms. The summed E-state index contributed by atoms with van der Waals surface area (Å²) in [6, 6.07) is 5.89. The summed E-state index contributed by atoms with van der Waals surface area (Å²) in [5.74, 6) is 5.17. The molecule has 0 amide bonds.